The van der Waals surface area contributed by atoms with E-state index in [-0.39, 0.29) is 11.6 Å². The van der Waals surface area contributed by atoms with Crippen LogP contribution in [0.25, 0.3) is 0 Å². The largest absolute Gasteiger partial charge is 0.294 e. The molecule has 1 aromatic heterocycles. The third-order valence-corrected chi connectivity index (χ3v) is 3.34. The topological polar surface area (TPSA) is 34.9 Å². The van der Waals surface area contributed by atoms with Crippen LogP contribution in [0.5, 0.6) is 0 Å². The number of carbonyl (C=O) groups excluding carboxylic acids is 1. The highest BCUT2D eigenvalue weighted by molar-refractivity contribution is 5.97. The van der Waals surface area contributed by atoms with Crippen LogP contribution in [-0.4, -0.2) is 15.6 Å². The minimum atomic E-state index is -0.233. The van der Waals surface area contributed by atoms with Crippen LogP contribution in [0.2, 0.25) is 0 Å². The number of hydrogen-bond acceptors (Lipinski definition) is 2. The molecule has 0 bridgehead atoms. The van der Waals surface area contributed by atoms with Gasteiger partial charge in [0, 0.05) is 17.7 Å². The summed E-state index contributed by atoms with van der Waals surface area (Å²) in [5.74, 6) is -0.0834. The summed E-state index contributed by atoms with van der Waals surface area (Å²) >= 11 is 0. The number of Topliss-reactive ketones (excluding diaryl/α,β-unsaturated/α-hetero) is 1. The van der Waals surface area contributed by atoms with Gasteiger partial charge in [0.1, 0.15) is 5.82 Å². The molecule has 0 N–H and O–H groups in total. The average Bonchev–Trinajstić information content (AvgIpc) is 2.77. The van der Waals surface area contributed by atoms with Crippen molar-refractivity contribution >= 4 is 5.78 Å². The lowest BCUT2D eigenvalue weighted by atomic mass is 9.97. The number of halogens is 1. The fourth-order valence-corrected chi connectivity index (χ4v) is 2.38. The van der Waals surface area contributed by atoms with Gasteiger partial charge in [0.2, 0.25) is 0 Å². The molecule has 0 fully saturated rings. The molecule has 3 nitrogen and oxygen atoms in total. The first kappa shape index (κ1) is 11.1. The van der Waals surface area contributed by atoms with E-state index >= 15 is 0 Å². The van der Waals surface area contributed by atoms with Gasteiger partial charge in [0.05, 0.1) is 18.3 Å². The summed E-state index contributed by atoms with van der Waals surface area (Å²) in [5, 5.41) is 4.21. The number of aromatic nitrogens is 2. The van der Waals surface area contributed by atoms with E-state index in [0.29, 0.717) is 24.1 Å². The summed E-state index contributed by atoms with van der Waals surface area (Å²) in [6.07, 6.45) is 3.90. The van der Waals surface area contributed by atoms with Crippen LogP contribution in [-0.2, 0) is 13.0 Å². The Kier molecular flexibility index (Phi) is 2.70. The Labute approximate surface area is 104 Å². The van der Waals surface area contributed by atoms with Crippen molar-refractivity contribution < 1.29 is 9.18 Å². The Balaban J connectivity index is 1.95. The van der Waals surface area contributed by atoms with Gasteiger partial charge in [-0.15, -0.1) is 0 Å². The standard InChI is InChI=1S/C14H13FN2O/c15-12-5-2-1-4-10(12)9-17-13-6-3-7-14(18)11(13)8-16-17/h1-2,4-5,8H,3,6-7,9H2. The summed E-state index contributed by atoms with van der Waals surface area (Å²) in [6.45, 7) is 0.384. The first-order valence-corrected chi connectivity index (χ1v) is 6.07. The van der Waals surface area contributed by atoms with Crippen LogP contribution in [0.3, 0.4) is 0 Å². The molecule has 0 saturated heterocycles. The Morgan fingerprint density at radius 1 is 1.28 bits per heavy atom. The molecule has 0 saturated carbocycles. The monoisotopic (exact) mass is 244 g/mol. The summed E-state index contributed by atoms with van der Waals surface area (Å²) in [7, 11) is 0. The SMILES string of the molecule is O=C1CCCc2c1cnn2Cc1ccccc1F. The van der Waals surface area contributed by atoms with Gasteiger partial charge in [0.25, 0.3) is 0 Å². The smallest absolute Gasteiger partial charge is 0.166 e. The molecule has 2 aromatic rings. The molecule has 1 aliphatic rings. The van der Waals surface area contributed by atoms with Crippen molar-refractivity contribution in [2.75, 3.05) is 0 Å². The van der Waals surface area contributed by atoms with E-state index in [0.717, 1.165) is 18.5 Å². The molecular weight excluding hydrogens is 231 g/mol. The van der Waals surface area contributed by atoms with Crippen LogP contribution in [0, 0.1) is 5.82 Å². The maximum atomic E-state index is 13.6. The third-order valence-electron chi connectivity index (χ3n) is 3.34. The Bertz CT molecular complexity index is 604. The van der Waals surface area contributed by atoms with Gasteiger partial charge in [0.15, 0.2) is 5.78 Å². The van der Waals surface area contributed by atoms with Crippen LogP contribution in [0.4, 0.5) is 4.39 Å². The molecule has 0 atom stereocenters. The van der Waals surface area contributed by atoms with Crippen molar-refractivity contribution in [1.29, 1.82) is 0 Å². The second-order valence-electron chi connectivity index (χ2n) is 4.53. The molecule has 4 heteroatoms. The quantitative estimate of drug-likeness (QED) is 0.813. The maximum Gasteiger partial charge on any atom is 0.166 e. The normalized spacial score (nSPS) is 14.6. The van der Waals surface area contributed by atoms with Gasteiger partial charge in [-0.3, -0.25) is 9.48 Å². The van der Waals surface area contributed by atoms with Crippen LogP contribution in [0.15, 0.2) is 30.5 Å². The van der Waals surface area contributed by atoms with Gasteiger partial charge in [-0.25, -0.2) is 4.39 Å². The van der Waals surface area contributed by atoms with E-state index in [1.807, 2.05) is 0 Å². The number of hydrogen-bond donors (Lipinski definition) is 0. The van der Waals surface area contributed by atoms with Gasteiger partial charge in [-0.1, -0.05) is 18.2 Å². The minimum Gasteiger partial charge on any atom is -0.294 e. The fraction of sp³-hybridized carbons (Fsp3) is 0.286. The lowest BCUT2D eigenvalue weighted by Gasteiger charge is -2.13. The van der Waals surface area contributed by atoms with Crippen LogP contribution < -0.4 is 0 Å². The van der Waals surface area contributed by atoms with E-state index < -0.39 is 0 Å². The number of ketones is 1. The predicted molar refractivity (Wildman–Crippen MR) is 65.0 cm³/mol. The molecule has 1 aliphatic carbocycles. The van der Waals surface area contributed by atoms with E-state index in [1.165, 1.54) is 6.07 Å². The second kappa shape index (κ2) is 4.37. The molecular formula is C14H13FN2O. The molecule has 0 aliphatic heterocycles. The van der Waals surface area contributed by atoms with Crippen molar-refractivity contribution in [3.8, 4) is 0 Å². The van der Waals surface area contributed by atoms with E-state index in [9.17, 15) is 9.18 Å². The first-order valence-electron chi connectivity index (χ1n) is 6.07. The number of rotatable bonds is 2. The minimum absolute atomic E-state index is 0.149. The fourth-order valence-electron chi connectivity index (χ4n) is 2.38. The van der Waals surface area contributed by atoms with E-state index in [4.69, 9.17) is 0 Å². The van der Waals surface area contributed by atoms with Crippen LogP contribution >= 0.6 is 0 Å². The number of fused-ring (bicyclic) bond motifs is 1. The van der Waals surface area contributed by atoms with Crippen molar-refractivity contribution in [2.45, 2.75) is 25.8 Å². The molecule has 0 radical (unpaired) electrons. The zero-order valence-corrected chi connectivity index (χ0v) is 9.90. The molecule has 0 spiro atoms. The van der Waals surface area contributed by atoms with E-state index in [2.05, 4.69) is 5.10 Å². The molecule has 1 aromatic carbocycles. The van der Waals surface area contributed by atoms with Crippen molar-refractivity contribution in [2.24, 2.45) is 0 Å². The van der Waals surface area contributed by atoms with Gasteiger partial charge >= 0.3 is 0 Å². The first-order chi connectivity index (χ1) is 8.75. The molecule has 92 valence electrons. The summed E-state index contributed by atoms with van der Waals surface area (Å²) < 4.78 is 15.3. The van der Waals surface area contributed by atoms with Crippen molar-refractivity contribution in [1.82, 2.24) is 9.78 Å². The molecule has 0 unspecified atom stereocenters. The van der Waals surface area contributed by atoms with Crippen LogP contribution in [0.1, 0.15) is 34.5 Å². The molecule has 18 heavy (non-hydrogen) atoms. The maximum absolute atomic E-state index is 13.6. The zero-order valence-electron chi connectivity index (χ0n) is 9.90. The Hall–Kier alpha value is -1.97. The highest BCUT2D eigenvalue weighted by atomic mass is 19.1. The lowest BCUT2D eigenvalue weighted by molar-refractivity contribution is 0.0972. The summed E-state index contributed by atoms with van der Waals surface area (Å²) in [5.41, 5.74) is 2.24. The summed E-state index contributed by atoms with van der Waals surface area (Å²) in [4.78, 5) is 11.7. The second-order valence-corrected chi connectivity index (χ2v) is 4.53. The zero-order chi connectivity index (χ0) is 12.5. The van der Waals surface area contributed by atoms with Crippen molar-refractivity contribution in [3.05, 3.63) is 53.1 Å². The highest BCUT2D eigenvalue weighted by Gasteiger charge is 2.21. The van der Waals surface area contributed by atoms with Crippen molar-refractivity contribution in [3.63, 3.8) is 0 Å². The number of nitrogens with zero attached hydrogens (tertiary/aromatic N) is 2. The number of carbonyl (C=O) groups is 1. The molecule has 3 rings (SSSR count). The Morgan fingerprint density at radius 2 is 2.11 bits per heavy atom. The number of benzene rings is 1. The van der Waals surface area contributed by atoms with Gasteiger partial charge < -0.3 is 0 Å². The highest BCUT2D eigenvalue weighted by Crippen LogP contribution is 2.21. The summed E-state index contributed by atoms with van der Waals surface area (Å²) in [6, 6.07) is 6.66. The lowest BCUT2D eigenvalue weighted by Crippen LogP contribution is -2.14. The van der Waals surface area contributed by atoms with E-state index in [1.54, 1.807) is 29.1 Å². The third kappa shape index (κ3) is 1.83. The van der Waals surface area contributed by atoms with Gasteiger partial charge in [-0.2, -0.15) is 5.10 Å². The predicted octanol–water partition coefficient (Wildman–Crippen LogP) is 2.59. The Morgan fingerprint density at radius 3 is 2.94 bits per heavy atom. The average molecular weight is 244 g/mol. The van der Waals surface area contributed by atoms with Gasteiger partial charge in [-0.05, 0) is 18.9 Å². The molecule has 0 amide bonds. The molecule has 1 heterocycles.